The van der Waals surface area contributed by atoms with Crippen LogP contribution in [0.3, 0.4) is 0 Å². The van der Waals surface area contributed by atoms with Gasteiger partial charge in [0.1, 0.15) is 17.0 Å². The molecule has 0 atom stereocenters. The zero-order valence-electron chi connectivity index (χ0n) is 12.1. The second-order valence-electron chi connectivity index (χ2n) is 5.22. The van der Waals surface area contributed by atoms with Gasteiger partial charge in [-0.1, -0.05) is 19.9 Å². The largest absolute Gasteiger partial charge is 0.507 e. The lowest BCUT2D eigenvalue weighted by Gasteiger charge is -2.15. The molecule has 108 valence electrons. The van der Waals surface area contributed by atoms with Crippen LogP contribution < -0.4 is 0 Å². The summed E-state index contributed by atoms with van der Waals surface area (Å²) in [6.07, 6.45) is 0. The molecule has 1 N–H and O–H groups in total. The van der Waals surface area contributed by atoms with E-state index < -0.39 is 0 Å². The fraction of sp³-hybridized carbons (Fsp3) is 0.235. The molecule has 0 aliphatic carbocycles. The van der Waals surface area contributed by atoms with Gasteiger partial charge in [-0.05, 0) is 65.6 Å². The number of nitrogens with zero attached hydrogens (tertiary/aromatic N) is 1. The van der Waals surface area contributed by atoms with Crippen molar-refractivity contribution >= 4 is 11.8 Å². The zero-order valence-corrected chi connectivity index (χ0v) is 13.0. The summed E-state index contributed by atoms with van der Waals surface area (Å²) in [5, 5.41) is 21.4. The minimum atomic E-state index is -0.273. The highest BCUT2D eigenvalue weighted by Crippen LogP contribution is 2.39. The minimum Gasteiger partial charge on any atom is -0.507 e. The Labute approximate surface area is 128 Å². The van der Waals surface area contributed by atoms with E-state index in [1.165, 1.54) is 6.07 Å². The van der Waals surface area contributed by atoms with E-state index in [4.69, 9.17) is 5.26 Å². The van der Waals surface area contributed by atoms with Crippen LogP contribution in [0.2, 0.25) is 0 Å². The highest BCUT2D eigenvalue weighted by Gasteiger charge is 2.15. The highest BCUT2D eigenvalue weighted by molar-refractivity contribution is 8.03. The van der Waals surface area contributed by atoms with E-state index in [0.717, 1.165) is 27.8 Å². The standard InChI is InChI=1S/C17H16FNOS/c1-10(2)14-7-13(21-9-19)8-15(17(14)20)12-4-5-16(18)11(3)6-12/h4-8,10,20H,1-3H3. The fourth-order valence-corrected chi connectivity index (χ4v) is 2.68. The normalized spacial score (nSPS) is 10.7. The molecule has 0 spiro atoms. The molecule has 4 heteroatoms. The Morgan fingerprint density at radius 3 is 2.52 bits per heavy atom. The van der Waals surface area contributed by atoms with E-state index in [0.29, 0.717) is 11.1 Å². The van der Waals surface area contributed by atoms with Crippen molar-refractivity contribution in [2.24, 2.45) is 0 Å². The number of aryl methyl sites for hydroxylation is 1. The maximum Gasteiger partial charge on any atom is 0.138 e. The first-order valence-corrected chi connectivity index (χ1v) is 7.45. The van der Waals surface area contributed by atoms with E-state index >= 15 is 0 Å². The number of hydrogen-bond donors (Lipinski definition) is 1. The van der Waals surface area contributed by atoms with Crippen molar-refractivity contribution < 1.29 is 9.50 Å². The maximum absolute atomic E-state index is 13.4. The highest BCUT2D eigenvalue weighted by atomic mass is 32.2. The van der Waals surface area contributed by atoms with E-state index in [9.17, 15) is 9.50 Å². The summed E-state index contributed by atoms with van der Waals surface area (Å²) in [5.74, 6) is 0.0488. The Kier molecular flexibility index (Phi) is 4.54. The first-order valence-electron chi connectivity index (χ1n) is 6.63. The SMILES string of the molecule is Cc1cc(-c2cc(SC#N)cc(C(C)C)c2O)ccc1F. The van der Waals surface area contributed by atoms with E-state index in [1.54, 1.807) is 25.1 Å². The molecule has 0 radical (unpaired) electrons. The quantitative estimate of drug-likeness (QED) is 0.625. The summed E-state index contributed by atoms with van der Waals surface area (Å²) < 4.78 is 13.4. The van der Waals surface area contributed by atoms with E-state index in [-0.39, 0.29) is 17.5 Å². The average molecular weight is 301 g/mol. The average Bonchev–Trinajstić information content (AvgIpc) is 2.43. The second kappa shape index (κ2) is 6.19. The Balaban J connectivity index is 2.66. The lowest BCUT2D eigenvalue weighted by atomic mass is 9.95. The number of thiocyanates is 1. The molecule has 0 unspecified atom stereocenters. The molecule has 0 saturated carbocycles. The first kappa shape index (κ1) is 15.4. The Morgan fingerprint density at radius 1 is 1.24 bits per heavy atom. The van der Waals surface area contributed by atoms with Crippen LogP contribution >= 0.6 is 11.8 Å². The van der Waals surface area contributed by atoms with Gasteiger partial charge in [-0.3, -0.25) is 0 Å². The van der Waals surface area contributed by atoms with Crippen LogP contribution in [0.5, 0.6) is 5.75 Å². The number of hydrogen-bond acceptors (Lipinski definition) is 3. The summed E-state index contributed by atoms with van der Waals surface area (Å²) in [6, 6.07) is 8.33. The van der Waals surface area contributed by atoms with E-state index in [1.807, 2.05) is 25.3 Å². The molecule has 0 aromatic heterocycles. The van der Waals surface area contributed by atoms with Crippen molar-refractivity contribution in [3.05, 3.63) is 47.3 Å². The van der Waals surface area contributed by atoms with Gasteiger partial charge in [-0.2, -0.15) is 5.26 Å². The third kappa shape index (κ3) is 3.20. The van der Waals surface area contributed by atoms with Gasteiger partial charge in [-0.25, -0.2) is 4.39 Å². The number of aromatic hydroxyl groups is 1. The minimum absolute atomic E-state index is 0.129. The van der Waals surface area contributed by atoms with Gasteiger partial charge in [0.15, 0.2) is 0 Å². The molecular weight excluding hydrogens is 285 g/mol. The lowest BCUT2D eigenvalue weighted by molar-refractivity contribution is 0.466. The third-order valence-corrected chi connectivity index (χ3v) is 3.93. The summed E-state index contributed by atoms with van der Waals surface area (Å²) in [4.78, 5) is 0.774. The van der Waals surface area contributed by atoms with Crippen LogP contribution in [-0.4, -0.2) is 5.11 Å². The number of rotatable bonds is 3. The lowest BCUT2D eigenvalue weighted by Crippen LogP contribution is -1.93. The summed E-state index contributed by atoms with van der Waals surface area (Å²) in [5.41, 5.74) is 2.68. The summed E-state index contributed by atoms with van der Waals surface area (Å²) in [7, 11) is 0. The van der Waals surface area contributed by atoms with Crippen LogP contribution in [0.15, 0.2) is 35.2 Å². The second-order valence-corrected chi connectivity index (χ2v) is 6.08. The molecule has 0 aliphatic heterocycles. The van der Waals surface area contributed by atoms with Crippen molar-refractivity contribution in [2.75, 3.05) is 0 Å². The van der Waals surface area contributed by atoms with Gasteiger partial charge >= 0.3 is 0 Å². The van der Waals surface area contributed by atoms with Crippen molar-refractivity contribution in [3.8, 4) is 22.3 Å². The molecule has 2 nitrogen and oxygen atoms in total. The van der Waals surface area contributed by atoms with Gasteiger partial charge < -0.3 is 5.11 Å². The summed E-state index contributed by atoms with van der Waals surface area (Å²) >= 11 is 1.05. The number of thioether (sulfide) groups is 1. The van der Waals surface area contributed by atoms with Gasteiger partial charge in [0, 0.05) is 10.5 Å². The van der Waals surface area contributed by atoms with Crippen molar-refractivity contribution in [1.82, 2.24) is 0 Å². The van der Waals surface area contributed by atoms with Crippen LogP contribution in [0.1, 0.15) is 30.9 Å². The summed E-state index contributed by atoms with van der Waals surface area (Å²) in [6.45, 7) is 5.65. The van der Waals surface area contributed by atoms with Crippen molar-refractivity contribution in [3.63, 3.8) is 0 Å². The molecule has 0 aliphatic rings. The number of nitriles is 1. The predicted octanol–water partition coefficient (Wildman–Crippen LogP) is 5.20. The molecule has 2 aromatic carbocycles. The van der Waals surface area contributed by atoms with Gasteiger partial charge in [-0.15, -0.1) is 0 Å². The Hall–Kier alpha value is -1.99. The Morgan fingerprint density at radius 2 is 1.95 bits per heavy atom. The van der Waals surface area contributed by atoms with Gasteiger partial charge in [0.2, 0.25) is 0 Å². The van der Waals surface area contributed by atoms with E-state index in [2.05, 4.69) is 0 Å². The molecular formula is C17H16FNOS. The van der Waals surface area contributed by atoms with Gasteiger partial charge in [0.05, 0.1) is 0 Å². The zero-order chi connectivity index (χ0) is 15.6. The predicted molar refractivity (Wildman–Crippen MR) is 83.8 cm³/mol. The number of phenols is 1. The third-order valence-electron chi connectivity index (χ3n) is 3.37. The number of benzene rings is 2. The number of halogens is 1. The fourth-order valence-electron chi connectivity index (χ4n) is 2.21. The van der Waals surface area contributed by atoms with Gasteiger partial charge in [0.25, 0.3) is 0 Å². The molecule has 0 saturated heterocycles. The molecule has 21 heavy (non-hydrogen) atoms. The molecule has 0 bridgehead atoms. The topological polar surface area (TPSA) is 44.0 Å². The molecule has 2 rings (SSSR count). The smallest absolute Gasteiger partial charge is 0.138 e. The first-order chi connectivity index (χ1) is 9.93. The number of phenolic OH excluding ortho intramolecular Hbond substituents is 1. The molecule has 2 aromatic rings. The maximum atomic E-state index is 13.4. The van der Waals surface area contributed by atoms with Crippen molar-refractivity contribution in [2.45, 2.75) is 31.6 Å². The van der Waals surface area contributed by atoms with Crippen LogP contribution in [0.25, 0.3) is 11.1 Å². The molecule has 0 amide bonds. The van der Waals surface area contributed by atoms with Crippen LogP contribution in [0, 0.1) is 23.4 Å². The molecule has 0 fully saturated rings. The van der Waals surface area contributed by atoms with Crippen LogP contribution in [-0.2, 0) is 0 Å². The monoisotopic (exact) mass is 301 g/mol. The Bertz CT molecular complexity index is 719. The van der Waals surface area contributed by atoms with Crippen molar-refractivity contribution in [1.29, 1.82) is 5.26 Å². The van der Waals surface area contributed by atoms with Crippen LogP contribution in [0.4, 0.5) is 4.39 Å². The molecule has 0 heterocycles.